The molecule has 1 N–H and O–H groups in total. The summed E-state index contributed by atoms with van der Waals surface area (Å²) in [4.78, 5) is 29.9. The number of carbonyl (C=O) groups is 2. The zero-order chi connectivity index (χ0) is 25.2. The molecule has 1 amide bonds. The molecule has 1 aliphatic rings. The number of aliphatic hydroxyl groups is 1. The Labute approximate surface area is 201 Å². The molecule has 0 aliphatic carbocycles. The number of benzene rings is 2. The standard InChI is InChI=1S/C28H35FN2O3/c1-7-30(8-2)15-16-31-24(20-11-9-10-12-22(20)29)23(26(33)27(31)34)25(32)21-17-19(28(4,5)6)14-13-18(21)3/h9-14,17,24,32H,7-8,15-16H2,1-6H3/b25-23+. The van der Waals surface area contributed by atoms with Crippen molar-refractivity contribution in [3.05, 3.63) is 76.1 Å². The summed E-state index contributed by atoms with van der Waals surface area (Å²) in [6.07, 6.45) is 0. The van der Waals surface area contributed by atoms with Crippen LogP contribution in [0.3, 0.4) is 0 Å². The molecule has 1 aliphatic heterocycles. The number of halogens is 1. The van der Waals surface area contributed by atoms with Crippen molar-refractivity contribution in [3.63, 3.8) is 0 Å². The van der Waals surface area contributed by atoms with Crippen LogP contribution < -0.4 is 0 Å². The number of aliphatic hydroxyl groups excluding tert-OH is 1. The molecule has 2 aromatic carbocycles. The van der Waals surface area contributed by atoms with Crippen molar-refractivity contribution in [1.29, 1.82) is 0 Å². The first-order valence-electron chi connectivity index (χ1n) is 11.9. The summed E-state index contributed by atoms with van der Waals surface area (Å²) in [5.74, 6) is -2.29. The van der Waals surface area contributed by atoms with Crippen LogP contribution in [0.1, 0.15) is 62.9 Å². The molecule has 6 heteroatoms. The first-order chi connectivity index (χ1) is 16.0. The Morgan fingerprint density at radius 3 is 2.32 bits per heavy atom. The monoisotopic (exact) mass is 466 g/mol. The van der Waals surface area contributed by atoms with Crippen LogP contribution in [0, 0.1) is 12.7 Å². The highest BCUT2D eigenvalue weighted by Crippen LogP contribution is 2.41. The number of hydrogen-bond donors (Lipinski definition) is 1. The van der Waals surface area contributed by atoms with Crippen LogP contribution in [0.4, 0.5) is 4.39 Å². The van der Waals surface area contributed by atoms with Crippen molar-refractivity contribution in [2.75, 3.05) is 26.2 Å². The van der Waals surface area contributed by atoms with Gasteiger partial charge >= 0.3 is 0 Å². The number of aryl methyl sites for hydroxylation is 1. The Kier molecular flexibility index (Phi) is 7.61. The minimum absolute atomic E-state index is 0.0659. The molecule has 0 bridgehead atoms. The highest BCUT2D eigenvalue weighted by Gasteiger charge is 2.47. The molecule has 1 fully saturated rings. The van der Waals surface area contributed by atoms with E-state index in [2.05, 4.69) is 25.7 Å². The number of rotatable bonds is 7. The Bertz CT molecular complexity index is 1110. The molecule has 3 rings (SSSR count). The number of ketones is 1. The highest BCUT2D eigenvalue weighted by molar-refractivity contribution is 6.46. The molecule has 0 spiro atoms. The lowest BCUT2D eigenvalue weighted by Gasteiger charge is -2.28. The Morgan fingerprint density at radius 1 is 1.09 bits per heavy atom. The molecule has 1 atom stereocenters. The van der Waals surface area contributed by atoms with Gasteiger partial charge in [0.05, 0.1) is 11.6 Å². The van der Waals surface area contributed by atoms with Gasteiger partial charge in [0.25, 0.3) is 11.7 Å². The van der Waals surface area contributed by atoms with Crippen LogP contribution >= 0.6 is 0 Å². The average molecular weight is 467 g/mol. The van der Waals surface area contributed by atoms with E-state index in [9.17, 15) is 19.1 Å². The minimum atomic E-state index is -0.991. The zero-order valence-corrected chi connectivity index (χ0v) is 21.0. The molecule has 1 unspecified atom stereocenters. The van der Waals surface area contributed by atoms with Gasteiger partial charge in [-0.25, -0.2) is 4.39 Å². The normalized spacial score (nSPS) is 18.2. The van der Waals surface area contributed by atoms with Crippen LogP contribution in [0.25, 0.3) is 5.76 Å². The summed E-state index contributed by atoms with van der Waals surface area (Å²) in [6.45, 7) is 14.5. The summed E-state index contributed by atoms with van der Waals surface area (Å²) < 4.78 is 15.0. The summed E-state index contributed by atoms with van der Waals surface area (Å²) >= 11 is 0. The summed E-state index contributed by atoms with van der Waals surface area (Å²) in [5, 5.41) is 11.4. The van der Waals surface area contributed by atoms with Crippen LogP contribution in [-0.4, -0.2) is 52.8 Å². The highest BCUT2D eigenvalue weighted by atomic mass is 19.1. The zero-order valence-electron chi connectivity index (χ0n) is 21.0. The molecular formula is C28H35FN2O3. The summed E-state index contributed by atoms with van der Waals surface area (Å²) in [6, 6.07) is 10.9. The Morgan fingerprint density at radius 2 is 1.74 bits per heavy atom. The minimum Gasteiger partial charge on any atom is -0.507 e. The van der Waals surface area contributed by atoms with Crippen molar-refractivity contribution >= 4 is 17.4 Å². The number of amides is 1. The van der Waals surface area contributed by atoms with Gasteiger partial charge in [-0.05, 0) is 48.7 Å². The van der Waals surface area contributed by atoms with E-state index in [0.717, 1.165) is 24.2 Å². The van der Waals surface area contributed by atoms with E-state index in [1.54, 1.807) is 18.2 Å². The molecule has 1 heterocycles. The van der Waals surface area contributed by atoms with Gasteiger partial charge in [0.2, 0.25) is 0 Å². The quantitative estimate of drug-likeness (QED) is 0.346. The second kappa shape index (κ2) is 10.1. The van der Waals surface area contributed by atoms with Crippen molar-refractivity contribution in [3.8, 4) is 0 Å². The fourth-order valence-electron chi connectivity index (χ4n) is 4.41. The molecule has 0 aromatic heterocycles. The van der Waals surface area contributed by atoms with Crippen LogP contribution in [0.5, 0.6) is 0 Å². The van der Waals surface area contributed by atoms with E-state index in [4.69, 9.17) is 0 Å². The van der Waals surface area contributed by atoms with Gasteiger partial charge in [0.1, 0.15) is 11.6 Å². The van der Waals surface area contributed by atoms with E-state index >= 15 is 0 Å². The third kappa shape index (κ3) is 4.92. The largest absolute Gasteiger partial charge is 0.507 e. The molecule has 1 saturated heterocycles. The maximum Gasteiger partial charge on any atom is 0.295 e. The molecule has 34 heavy (non-hydrogen) atoms. The molecule has 0 saturated carbocycles. The summed E-state index contributed by atoms with van der Waals surface area (Å²) in [5.41, 5.74) is 2.20. The van der Waals surface area contributed by atoms with E-state index in [1.165, 1.54) is 11.0 Å². The molecule has 5 nitrogen and oxygen atoms in total. The van der Waals surface area contributed by atoms with Crippen molar-refractivity contribution in [1.82, 2.24) is 9.80 Å². The van der Waals surface area contributed by atoms with E-state index in [1.807, 2.05) is 39.0 Å². The van der Waals surface area contributed by atoms with Gasteiger partial charge in [-0.3, -0.25) is 9.59 Å². The van der Waals surface area contributed by atoms with Gasteiger partial charge in [0, 0.05) is 24.2 Å². The third-order valence-corrected chi connectivity index (χ3v) is 6.65. The fourth-order valence-corrected chi connectivity index (χ4v) is 4.41. The predicted octanol–water partition coefficient (Wildman–Crippen LogP) is 5.20. The van der Waals surface area contributed by atoms with E-state index in [-0.39, 0.29) is 28.9 Å². The van der Waals surface area contributed by atoms with Crippen molar-refractivity contribution in [2.24, 2.45) is 0 Å². The molecular weight excluding hydrogens is 431 g/mol. The number of likely N-dealkylation sites (tertiary alicyclic amines) is 1. The van der Waals surface area contributed by atoms with Crippen molar-refractivity contribution < 1.29 is 19.1 Å². The maximum absolute atomic E-state index is 15.0. The first kappa shape index (κ1) is 25.6. The summed E-state index contributed by atoms with van der Waals surface area (Å²) in [7, 11) is 0. The Hall–Kier alpha value is -2.99. The van der Waals surface area contributed by atoms with Crippen LogP contribution in [-0.2, 0) is 15.0 Å². The van der Waals surface area contributed by atoms with Gasteiger partial charge in [-0.1, -0.05) is 65.0 Å². The lowest BCUT2D eigenvalue weighted by Crippen LogP contribution is -2.38. The van der Waals surface area contributed by atoms with Crippen molar-refractivity contribution in [2.45, 2.75) is 53.0 Å². The molecule has 182 valence electrons. The van der Waals surface area contributed by atoms with E-state index in [0.29, 0.717) is 12.1 Å². The predicted molar refractivity (Wildman–Crippen MR) is 133 cm³/mol. The topological polar surface area (TPSA) is 60.9 Å². The first-order valence-corrected chi connectivity index (χ1v) is 11.9. The second-order valence-electron chi connectivity index (χ2n) is 9.82. The van der Waals surface area contributed by atoms with Gasteiger partial charge < -0.3 is 14.9 Å². The van der Waals surface area contributed by atoms with E-state index < -0.39 is 23.5 Å². The SMILES string of the molecule is CCN(CC)CCN1C(=O)C(=O)/C(=C(/O)c2cc(C(C)(C)C)ccc2C)C1c1ccccc1F. The lowest BCUT2D eigenvalue weighted by molar-refractivity contribution is -0.140. The Balaban J connectivity index is 2.20. The maximum atomic E-state index is 15.0. The van der Waals surface area contributed by atoms with Crippen LogP contribution in [0.15, 0.2) is 48.0 Å². The lowest BCUT2D eigenvalue weighted by atomic mass is 9.84. The smallest absolute Gasteiger partial charge is 0.295 e. The number of carbonyl (C=O) groups excluding carboxylic acids is 2. The average Bonchev–Trinajstić information content (AvgIpc) is 3.04. The number of Topliss-reactive ketones (excluding diaryl/α,β-unsaturated/α-hetero) is 1. The molecule has 2 aromatic rings. The second-order valence-corrected chi connectivity index (χ2v) is 9.82. The van der Waals surface area contributed by atoms with Gasteiger partial charge in [-0.2, -0.15) is 0 Å². The van der Waals surface area contributed by atoms with Crippen LogP contribution in [0.2, 0.25) is 0 Å². The third-order valence-electron chi connectivity index (χ3n) is 6.65. The number of hydrogen-bond acceptors (Lipinski definition) is 4. The fraction of sp³-hybridized carbons (Fsp3) is 0.429. The molecule has 0 radical (unpaired) electrons. The van der Waals surface area contributed by atoms with Gasteiger partial charge in [0.15, 0.2) is 0 Å². The number of likely N-dealkylation sites (N-methyl/N-ethyl adjacent to an activating group) is 1. The van der Waals surface area contributed by atoms with Gasteiger partial charge in [-0.15, -0.1) is 0 Å². The number of nitrogens with zero attached hydrogens (tertiary/aromatic N) is 2.